The second-order valence-corrected chi connectivity index (χ2v) is 23.4. The number of unbranched alkanes of at least 4 members (excludes halogenated alkanes) is 28. The molecule has 73 heavy (non-hydrogen) atoms. The molecule has 0 spiro atoms. The third-order valence-corrected chi connectivity index (χ3v) is 17.0. The van der Waals surface area contributed by atoms with E-state index in [0.29, 0.717) is 52.0 Å². The zero-order chi connectivity index (χ0) is 52.5. The molecule has 3 rings (SSSR count). The zero-order valence-corrected chi connectivity index (χ0v) is 48.3. The Morgan fingerprint density at radius 1 is 0.658 bits per heavy atom. The fourth-order valence-corrected chi connectivity index (χ4v) is 12.4. The van der Waals surface area contributed by atoms with E-state index in [0.717, 1.165) is 98.6 Å². The first kappa shape index (κ1) is 64.9. The molecular weight excluding hydrogens is 957 g/mol. The maximum absolute atomic E-state index is 14.4. The van der Waals surface area contributed by atoms with Crippen molar-refractivity contribution in [3.63, 3.8) is 0 Å². The first-order chi connectivity index (χ1) is 35.7. The number of aryl methyl sites for hydroxylation is 1. The maximum atomic E-state index is 14.4. The number of ether oxygens (including phenoxy) is 3. The van der Waals surface area contributed by atoms with Gasteiger partial charge in [-0.3, -0.25) is 14.4 Å². The van der Waals surface area contributed by atoms with E-state index in [1.807, 2.05) is 35.9 Å². The van der Waals surface area contributed by atoms with Crippen molar-refractivity contribution in [3.05, 3.63) is 30.1 Å². The fraction of sp³-hybridized carbons (Fsp3) is 0.847. The summed E-state index contributed by atoms with van der Waals surface area (Å²) in [6.07, 6.45) is 42.4. The average molecular weight is 1060 g/mol. The van der Waals surface area contributed by atoms with Crippen LogP contribution in [0.15, 0.2) is 24.4 Å². The summed E-state index contributed by atoms with van der Waals surface area (Å²) >= 11 is 2.03. The summed E-state index contributed by atoms with van der Waals surface area (Å²) in [7, 11) is 0. The summed E-state index contributed by atoms with van der Waals surface area (Å²) in [5.74, 6) is -0.567. The number of thioether (sulfide) groups is 2. The lowest BCUT2D eigenvalue weighted by molar-refractivity contribution is -0.701. The van der Waals surface area contributed by atoms with Crippen LogP contribution in [0, 0.1) is 0 Å². The number of hydrogen-bond donors (Lipinski definition) is 2. The van der Waals surface area contributed by atoms with Crippen LogP contribution in [-0.4, -0.2) is 76.3 Å². The number of alkyl carbamates (subject to hydrolysis) is 1. The number of amides is 4. The highest BCUT2D eigenvalue weighted by molar-refractivity contribution is 8.14. The number of hydroxylamine groups is 2. The molecule has 2 aliphatic heterocycles. The Kier molecular flexibility index (Phi) is 38.0. The van der Waals surface area contributed by atoms with Crippen molar-refractivity contribution in [3.8, 4) is 0 Å². The van der Waals surface area contributed by atoms with Gasteiger partial charge >= 0.3 is 11.3 Å². The van der Waals surface area contributed by atoms with E-state index in [9.17, 15) is 19.2 Å². The van der Waals surface area contributed by atoms with Gasteiger partial charge in [0.1, 0.15) is 25.8 Å². The number of nitrogens with zero attached hydrogens (tertiary/aromatic N) is 2. The highest BCUT2D eigenvalue weighted by Crippen LogP contribution is 2.43. The molecule has 2 fully saturated rings. The van der Waals surface area contributed by atoms with Crippen molar-refractivity contribution in [1.82, 2.24) is 15.7 Å². The Morgan fingerprint density at radius 3 is 1.71 bits per heavy atom. The molecule has 14 heteroatoms. The molecule has 4 unspecified atom stereocenters. The lowest BCUT2D eigenvalue weighted by Crippen LogP contribution is -2.52. The van der Waals surface area contributed by atoms with Gasteiger partial charge in [0.05, 0.1) is 6.10 Å². The molecule has 2 saturated heterocycles. The molecule has 1 aromatic rings. The van der Waals surface area contributed by atoms with Crippen molar-refractivity contribution in [2.45, 2.75) is 294 Å². The van der Waals surface area contributed by atoms with Gasteiger partial charge in [0.25, 0.3) is 11.1 Å². The molecule has 420 valence electrons. The lowest BCUT2D eigenvalue weighted by atomic mass is 9.98. The molecular formula is C59H105N4O8S2+. The standard InChI is InChI=1S/C59H104N4O8S2/c1-5-8-10-12-14-16-18-20-22-24-26-28-30-32-36-44-59(55-43-35-39-47-69-55,73-57(66)60-45-37-33-31-29-27-25-23-21-19-17-15-13-11-9-6-2)71-63(51(4)64)58(67)72-54-42-40-48-68-53(54)50-70-56(65)61-49-52-41-34-38-46-62(52)7-3/h34,38,41,46,53-55H,5-33,35-37,39-40,42-45,47-50H2,1-4H3,(H-,60,61,65,66)/p+1. The average Bonchev–Trinajstić information content (AvgIpc) is 3.40. The molecule has 2 aliphatic rings. The van der Waals surface area contributed by atoms with Gasteiger partial charge in [0, 0.05) is 44.1 Å². The Hall–Kier alpha value is -2.39. The number of rotatable bonds is 42. The molecule has 2 N–H and O–H groups in total. The molecule has 0 bridgehead atoms. The number of pyridine rings is 1. The quantitative estimate of drug-likeness (QED) is 0.0282. The van der Waals surface area contributed by atoms with Crippen LogP contribution in [0.5, 0.6) is 0 Å². The largest absolute Gasteiger partial charge is 0.447 e. The van der Waals surface area contributed by atoms with Gasteiger partial charge in [-0.05, 0) is 70.1 Å². The Morgan fingerprint density at radius 2 is 1.19 bits per heavy atom. The maximum Gasteiger partial charge on any atom is 0.407 e. The fourth-order valence-electron chi connectivity index (χ4n) is 10.1. The van der Waals surface area contributed by atoms with E-state index >= 15 is 0 Å². The molecule has 0 aromatic carbocycles. The topological polar surface area (TPSA) is 136 Å². The van der Waals surface area contributed by atoms with Gasteiger partial charge in [-0.1, -0.05) is 211 Å². The minimum absolute atomic E-state index is 0.0469. The lowest BCUT2D eigenvalue weighted by Gasteiger charge is -2.42. The normalized spacial score (nSPS) is 17.7. The number of aromatic nitrogens is 1. The van der Waals surface area contributed by atoms with Crippen molar-refractivity contribution in [1.29, 1.82) is 0 Å². The Bertz CT molecular complexity index is 1590. The Balaban J connectivity index is 1.59. The second kappa shape index (κ2) is 42.7. The second-order valence-electron chi connectivity index (χ2n) is 20.9. The predicted octanol–water partition coefficient (Wildman–Crippen LogP) is 16.2. The number of carbonyl (C=O) groups is 4. The smallest absolute Gasteiger partial charge is 0.407 e. The van der Waals surface area contributed by atoms with Crippen molar-refractivity contribution in [2.24, 2.45) is 0 Å². The summed E-state index contributed by atoms with van der Waals surface area (Å²) in [4.78, 5) is 60.3. The van der Waals surface area contributed by atoms with Crippen LogP contribution < -0.4 is 15.2 Å². The minimum Gasteiger partial charge on any atom is -0.447 e. The minimum atomic E-state index is -1.30. The molecule has 4 amide bonds. The van der Waals surface area contributed by atoms with Gasteiger partial charge in [0.2, 0.25) is 5.69 Å². The highest BCUT2D eigenvalue weighted by Gasteiger charge is 2.48. The number of hydrogen-bond acceptors (Lipinski definition) is 10. The van der Waals surface area contributed by atoms with Crippen molar-refractivity contribution >= 4 is 46.0 Å². The van der Waals surface area contributed by atoms with Crippen LogP contribution >= 0.6 is 23.5 Å². The van der Waals surface area contributed by atoms with E-state index in [2.05, 4.69) is 24.5 Å². The number of imide groups is 1. The van der Waals surface area contributed by atoms with E-state index in [-0.39, 0.29) is 11.8 Å². The molecule has 4 atom stereocenters. The number of carbonyl (C=O) groups excluding carboxylic acids is 4. The molecule has 0 radical (unpaired) electrons. The van der Waals surface area contributed by atoms with Crippen LogP contribution in [0.2, 0.25) is 0 Å². The molecule has 1 aromatic heterocycles. The molecule has 0 aliphatic carbocycles. The monoisotopic (exact) mass is 1060 g/mol. The summed E-state index contributed by atoms with van der Waals surface area (Å²) in [5, 5.41) is 5.66. The third kappa shape index (κ3) is 29.6. The van der Waals surface area contributed by atoms with E-state index in [1.165, 1.54) is 155 Å². The third-order valence-electron chi connectivity index (χ3n) is 14.6. The van der Waals surface area contributed by atoms with E-state index in [1.54, 1.807) is 0 Å². The van der Waals surface area contributed by atoms with Gasteiger partial charge in [0.15, 0.2) is 11.1 Å². The van der Waals surface area contributed by atoms with Gasteiger partial charge in [-0.25, -0.2) is 14.2 Å². The highest BCUT2D eigenvalue weighted by atomic mass is 32.2. The summed E-state index contributed by atoms with van der Waals surface area (Å²) in [5.41, 5.74) is 0.948. The summed E-state index contributed by atoms with van der Waals surface area (Å²) < 4.78 is 20.2. The van der Waals surface area contributed by atoms with E-state index < -0.39 is 39.6 Å². The number of nitrogens with one attached hydrogen (secondary N) is 2. The Labute approximate surface area is 453 Å². The van der Waals surface area contributed by atoms with Gasteiger partial charge in [-0.2, -0.15) is 0 Å². The molecule has 3 heterocycles. The van der Waals surface area contributed by atoms with Gasteiger partial charge in [-0.15, -0.1) is 5.06 Å². The predicted molar refractivity (Wildman–Crippen MR) is 302 cm³/mol. The molecule has 0 saturated carbocycles. The first-order valence-corrected chi connectivity index (χ1v) is 31.7. The zero-order valence-electron chi connectivity index (χ0n) is 46.7. The van der Waals surface area contributed by atoms with Crippen LogP contribution in [0.4, 0.5) is 14.4 Å². The SMILES string of the molecule is CCCCCCCCCCCCCCCCCNC(=O)SC(CCCCCCCCCCCCCCCCC)(ON(C(C)=O)C(=O)SC1CCCOC1COC(=O)NCc1cccc[n+]1CC)C1CCCCO1. The summed E-state index contributed by atoms with van der Waals surface area (Å²) in [6.45, 7) is 10.5. The van der Waals surface area contributed by atoms with Crippen molar-refractivity contribution in [2.75, 3.05) is 26.4 Å². The first-order valence-electron chi connectivity index (χ1n) is 30.0. The van der Waals surface area contributed by atoms with Crippen LogP contribution in [0.25, 0.3) is 0 Å². The van der Waals surface area contributed by atoms with Crippen LogP contribution in [-0.2, 0) is 36.9 Å². The van der Waals surface area contributed by atoms with E-state index in [4.69, 9.17) is 19.0 Å². The van der Waals surface area contributed by atoms with Crippen LogP contribution in [0.1, 0.15) is 265 Å². The summed E-state index contributed by atoms with van der Waals surface area (Å²) in [6, 6.07) is 5.84. The van der Waals surface area contributed by atoms with Crippen LogP contribution in [0.3, 0.4) is 0 Å². The molecule has 12 nitrogen and oxygen atoms in total. The van der Waals surface area contributed by atoms with Gasteiger partial charge < -0.3 is 24.8 Å². The van der Waals surface area contributed by atoms with Crippen molar-refractivity contribution < 1.29 is 42.8 Å².